The minimum atomic E-state index is -1.08. The van der Waals surface area contributed by atoms with Gasteiger partial charge >= 0.3 is 5.97 Å². The molecule has 6 nitrogen and oxygen atoms in total. The van der Waals surface area contributed by atoms with Crippen LogP contribution in [0.25, 0.3) is 0 Å². The van der Waals surface area contributed by atoms with Crippen molar-refractivity contribution in [2.75, 3.05) is 5.75 Å². The Morgan fingerprint density at radius 1 is 1.69 bits per heavy atom. The van der Waals surface area contributed by atoms with Crippen LogP contribution in [0.1, 0.15) is 0 Å². The molecule has 2 amide bonds. The fraction of sp³-hybridized carbons (Fsp3) is 0.444. The highest BCUT2D eigenvalue weighted by Crippen LogP contribution is 2.39. The molecule has 2 unspecified atom stereocenters. The second-order valence-electron chi connectivity index (χ2n) is 3.61. The zero-order valence-electron chi connectivity index (χ0n) is 8.25. The van der Waals surface area contributed by atoms with E-state index in [1.165, 1.54) is 16.7 Å². The van der Waals surface area contributed by atoms with Crippen LogP contribution in [0.5, 0.6) is 0 Å². The smallest absolute Gasteiger partial charge is 0.330 e. The predicted molar refractivity (Wildman–Crippen MR) is 56.6 cm³/mol. The first-order chi connectivity index (χ1) is 7.57. The molecule has 2 fully saturated rings. The molecule has 0 aromatic heterocycles. The summed E-state index contributed by atoms with van der Waals surface area (Å²) in [5.41, 5.74) is 0.506. The average molecular weight is 242 g/mol. The number of carboxylic acids is 1. The molecule has 0 aromatic rings. The third-order valence-electron chi connectivity index (χ3n) is 2.67. The van der Waals surface area contributed by atoms with E-state index in [-0.39, 0.29) is 11.3 Å². The zero-order chi connectivity index (χ0) is 11.9. The van der Waals surface area contributed by atoms with Gasteiger partial charge in [0, 0.05) is 5.75 Å². The van der Waals surface area contributed by atoms with E-state index in [1.807, 2.05) is 0 Å². The molecule has 86 valence electrons. The van der Waals surface area contributed by atoms with Gasteiger partial charge in [-0.1, -0.05) is 6.58 Å². The van der Waals surface area contributed by atoms with Gasteiger partial charge in [0.15, 0.2) is 6.04 Å². The van der Waals surface area contributed by atoms with E-state index >= 15 is 0 Å². The fourth-order valence-electron chi connectivity index (χ4n) is 1.93. The van der Waals surface area contributed by atoms with Gasteiger partial charge in [-0.3, -0.25) is 9.59 Å². The molecule has 2 N–H and O–H groups in total. The number of fused-ring (bicyclic) bond motifs is 1. The Bertz CT molecular complexity index is 384. The molecule has 0 aliphatic carbocycles. The summed E-state index contributed by atoms with van der Waals surface area (Å²) in [5.74, 6) is -0.950. The number of thioether (sulfide) groups is 1. The number of carbonyl (C=O) groups is 3. The van der Waals surface area contributed by atoms with Crippen molar-refractivity contribution in [2.45, 2.75) is 17.5 Å². The largest absolute Gasteiger partial charge is 0.479 e. The van der Waals surface area contributed by atoms with Crippen molar-refractivity contribution in [3.8, 4) is 0 Å². The molecule has 2 rings (SSSR count). The van der Waals surface area contributed by atoms with Gasteiger partial charge in [-0.2, -0.15) is 0 Å². The highest BCUT2D eigenvalue weighted by Gasteiger charge is 2.55. The number of carbonyl (C=O) groups excluding carboxylic acids is 2. The van der Waals surface area contributed by atoms with Crippen LogP contribution in [0.15, 0.2) is 12.2 Å². The number of amides is 2. The van der Waals surface area contributed by atoms with Crippen molar-refractivity contribution >= 4 is 30.0 Å². The van der Waals surface area contributed by atoms with E-state index in [0.29, 0.717) is 17.7 Å². The van der Waals surface area contributed by atoms with Crippen molar-refractivity contribution in [3.63, 3.8) is 0 Å². The first kappa shape index (κ1) is 11.0. The molecule has 3 atom stereocenters. The van der Waals surface area contributed by atoms with Crippen LogP contribution in [-0.4, -0.2) is 51.5 Å². The maximum absolute atomic E-state index is 11.6. The number of hydrogen-bond donors (Lipinski definition) is 2. The van der Waals surface area contributed by atoms with E-state index in [0.717, 1.165) is 0 Å². The van der Waals surface area contributed by atoms with Crippen molar-refractivity contribution in [3.05, 3.63) is 12.2 Å². The summed E-state index contributed by atoms with van der Waals surface area (Å²) in [6.45, 7) is 3.66. The summed E-state index contributed by atoms with van der Waals surface area (Å²) in [7, 11) is 0. The number of carboxylic acid groups (broad SMARTS) is 1. The standard InChI is InChI=1S/C9H10N2O4S/c1-4-2-16-8-5(10-3-12)7(13)11(8)6(4)9(14)15/h3,5-6,8H,1-2H2,(H,10,12)(H,14,15)/t5?,6?,8-/m1/s1. The van der Waals surface area contributed by atoms with Gasteiger partial charge < -0.3 is 15.3 Å². The lowest BCUT2D eigenvalue weighted by atomic mass is 9.99. The number of nitrogens with zero attached hydrogens (tertiary/aromatic N) is 1. The molecule has 0 spiro atoms. The molecule has 7 heteroatoms. The SMILES string of the molecule is C=C1CS[C@@H]2C(NC=O)C(=O)N2C1C(=O)O. The summed E-state index contributed by atoms with van der Waals surface area (Å²) in [4.78, 5) is 34.2. The maximum atomic E-state index is 11.6. The Hall–Kier alpha value is -1.50. The number of hydrogen-bond acceptors (Lipinski definition) is 4. The zero-order valence-corrected chi connectivity index (χ0v) is 9.07. The molecular formula is C9H10N2O4S. The molecule has 0 bridgehead atoms. The van der Waals surface area contributed by atoms with Crippen molar-refractivity contribution in [2.24, 2.45) is 0 Å². The maximum Gasteiger partial charge on any atom is 0.330 e. The first-order valence-corrected chi connectivity index (χ1v) is 5.66. The van der Waals surface area contributed by atoms with Gasteiger partial charge in [0.2, 0.25) is 12.3 Å². The van der Waals surface area contributed by atoms with Gasteiger partial charge in [-0.25, -0.2) is 4.79 Å². The molecule has 16 heavy (non-hydrogen) atoms. The molecule has 2 aliphatic rings. The van der Waals surface area contributed by atoms with Crippen LogP contribution in [0.4, 0.5) is 0 Å². The number of β-lactam (4-membered cyclic amide) rings is 1. The van der Waals surface area contributed by atoms with Gasteiger partial charge in [-0.05, 0) is 5.57 Å². The van der Waals surface area contributed by atoms with Crippen molar-refractivity contribution in [1.29, 1.82) is 0 Å². The fourth-order valence-corrected chi connectivity index (χ4v) is 3.24. The third kappa shape index (κ3) is 1.39. The normalized spacial score (nSPS) is 32.8. The van der Waals surface area contributed by atoms with Crippen LogP contribution >= 0.6 is 11.8 Å². The highest BCUT2D eigenvalue weighted by molar-refractivity contribution is 8.00. The van der Waals surface area contributed by atoms with Crippen LogP contribution in [0.2, 0.25) is 0 Å². The monoisotopic (exact) mass is 242 g/mol. The van der Waals surface area contributed by atoms with E-state index < -0.39 is 18.1 Å². The van der Waals surface area contributed by atoms with E-state index in [4.69, 9.17) is 5.11 Å². The van der Waals surface area contributed by atoms with Crippen molar-refractivity contribution < 1.29 is 19.5 Å². The van der Waals surface area contributed by atoms with Gasteiger partial charge in [0.05, 0.1) is 0 Å². The Morgan fingerprint density at radius 3 is 2.94 bits per heavy atom. The Balaban J connectivity index is 2.19. The number of aliphatic carboxylic acids is 1. The first-order valence-electron chi connectivity index (χ1n) is 4.62. The Labute approximate surface area is 95.7 Å². The molecule has 2 aliphatic heterocycles. The quantitative estimate of drug-likeness (QED) is 0.377. The molecule has 0 radical (unpaired) electrons. The molecule has 0 aromatic carbocycles. The summed E-state index contributed by atoms with van der Waals surface area (Å²) in [6, 6.07) is -1.55. The summed E-state index contributed by atoms with van der Waals surface area (Å²) in [5, 5.41) is 11.1. The minimum absolute atomic E-state index is 0.288. The second-order valence-corrected chi connectivity index (χ2v) is 4.71. The number of rotatable bonds is 3. The molecule has 2 heterocycles. The lowest BCUT2D eigenvalue weighted by Gasteiger charge is -2.52. The average Bonchev–Trinajstić information content (AvgIpc) is 2.25. The minimum Gasteiger partial charge on any atom is -0.479 e. The Kier molecular flexibility index (Phi) is 2.63. The summed E-state index contributed by atoms with van der Waals surface area (Å²) in [6.07, 6.45) is 0.458. The van der Waals surface area contributed by atoms with Crippen LogP contribution in [0, 0.1) is 0 Å². The summed E-state index contributed by atoms with van der Waals surface area (Å²) < 4.78 is 0. The van der Waals surface area contributed by atoms with Crippen molar-refractivity contribution in [1.82, 2.24) is 10.2 Å². The van der Waals surface area contributed by atoms with Crippen LogP contribution in [0.3, 0.4) is 0 Å². The topological polar surface area (TPSA) is 86.7 Å². The van der Waals surface area contributed by atoms with E-state index in [1.54, 1.807) is 0 Å². The lowest BCUT2D eigenvalue weighted by Crippen LogP contribution is -2.73. The summed E-state index contributed by atoms with van der Waals surface area (Å²) >= 11 is 1.41. The second kappa shape index (κ2) is 3.82. The molecule has 2 saturated heterocycles. The van der Waals surface area contributed by atoms with Gasteiger partial charge in [0.25, 0.3) is 0 Å². The van der Waals surface area contributed by atoms with E-state index in [9.17, 15) is 14.4 Å². The van der Waals surface area contributed by atoms with E-state index in [2.05, 4.69) is 11.9 Å². The predicted octanol–water partition coefficient (Wildman–Crippen LogP) is -0.975. The van der Waals surface area contributed by atoms with Crippen LogP contribution in [-0.2, 0) is 14.4 Å². The molecule has 0 saturated carbocycles. The Morgan fingerprint density at radius 2 is 2.38 bits per heavy atom. The third-order valence-corrected chi connectivity index (χ3v) is 4.04. The van der Waals surface area contributed by atoms with Crippen LogP contribution < -0.4 is 5.32 Å². The van der Waals surface area contributed by atoms with Gasteiger partial charge in [-0.15, -0.1) is 11.8 Å². The van der Waals surface area contributed by atoms with Gasteiger partial charge in [0.1, 0.15) is 11.4 Å². The highest BCUT2D eigenvalue weighted by atomic mass is 32.2. The number of nitrogens with one attached hydrogen (secondary N) is 1. The molecular weight excluding hydrogens is 232 g/mol. The lowest BCUT2D eigenvalue weighted by molar-refractivity contribution is -0.159.